The Morgan fingerprint density at radius 3 is 2.69 bits per heavy atom. The van der Waals surface area contributed by atoms with Gasteiger partial charge in [0, 0.05) is 11.8 Å². The summed E-state index contributed by atoms with van der Waals surface area (Å²) in [7, 11) is 2.94. The molecule has 0 radical (unpaired) electrons. The third-order valence-corrected chi connectivity index (χ3v) is 2.12. The fourth-order valence-corrected chi connectivity index (χ4v) is 1.20. The number of aliphatic imine (C=N–C) groups is 1. The minimum Gasteiger partial charge on any atom is -0.496 e. The van der Waals surface area contributed by atoms with Crippen LogP contribution in [0.1, 0.15) is 12.5 Å². The molecule has 4 heteroatoms. The van der Waals surface area contributed by atoms with E-state index in [0.717, 1.165) is 11.3 Å². The van der Waals surface area contributed by atoms with Crippen LogP contribution in [0.3, 0.4) is 0 Å². The van der Waals surface area contributed by atoms with E-state index >= 15 is 0 Å². The molecule has 0 amide bonds. The van der Waals surface area contributed by atoms with Gasteiger partial charge in [0.2, 0.25) is 0 Å². The zero-order valence-corrected chi connectivity index (χ0v) is 9.64. The van der Waals surface area contributed by atoms with Crippen molar-refractivity contribution < 1.29 is 14.3 Å². The second-order valence-electron chi connectivity index (χ2n) is 3.22. The number of benzene rings is 1. The van der Waals surface area contributed by atoms with Crippen LogP contribution >= 0.6 is 0 Å². The average Bonchev–Trinajstić information content (AvgIpc) is 2.35. The van der Waals surface area contributed by atoms with E-state index in [-0.39, 0.29) is 5.97 Å². The van der Waals surface area contributed by atoms with Crippen LogP contribution in [0.15, 0.2) is 29.3 Å². The minimum atomic E-state index is -0.505. The number of nitrogens with zero attached hydrogens (tertiary/aromatic N) is 1. The topological polar surface area (TPSA) is 47.9 Å². The number of hydrogen-bond acceptors (Lipinski definition) is 4. The fraction of sp³-hybridized carbons (Fsp3) is 0.333. The van der Waals surface area contributed by atoms with E-state index in [4.69, 9.17) is 4.74 Å². The monoisotopic (exact) mass is 221 g/mol. The number of para-hydroxylation sites is 1. The molecule has 0 spiro atoms. The summed E-state index contributed by atoms with van der Waals surface area (Å²) in [6.45, 7) is 1.68. The molecule has 1 rings (SSSR count). The Morgan fingerprint density at radius 1 is 1.38 bits per heavy atom. The molecule has 0 saturated carbocycles. The number of methoxy groups -OCH3 is 2. The highest BCUT2D eigenvalue weighted by atomic mass is 16.5. The van der Waals surface area contributed by atoms with Crippen LogP contribution in [0.4, 0.5) is 0 Å². The highest BCUT2D eigenvalue weighted by Crippen LogP contribution is 2.14. The maximum absolute atomic E-state index is 11.1. The zero-order chi connectivity index (χ0) is 12.0. The standard InChI is InChI=1S/C12H15NO3/c1-9(12(14)16-3)13-8-10-6-4-5-7-11(10)15-2/h4-9H,1-3H3. The molecule has 1 unspecified atom stereocenters. The summed E-state index contributed by atoms with van der Waals surface area (Å²) in [5.74, 6) is 0.370. The van der Waals surface area contributed by atoms with Crippen molar-refractivity contribution in [1.29, 1.82) is 0 Å². The quantitative estimate of drug-likeness (QED) is 0.574. The lowest BCUT2D eigenvalue weighted by atomic mass is 10.2. The summed E-state index contributed by atoms with van der Waals surface area (Å²) in [4.78, 5) is 15.2. The molecule has 0 aliphatic heterocycles. The molecular formula is C12H15NO3. The van der Waals surface area contributed by atoms with Gasteiger partial charge in [0.25, 0.3) is 0 Å². The molecule has 4 nitrogen and oxygen atoms in total. The van der Waals surface area contributed by atoms with Crippen molar-refractivity contribution >= 4 is 12.2 Å². The molecule has 0 fully saturated rings. The molecule has 0 aliphatic rings. The van der Waals surface area contributed by atoms with Gasteiger partial charge in [0.05, 0.1) is 14.2 Å². The van der Waals surface area contributed by atoms with Crippen LogP contribution < -0.4 is 4.74 Å². The molecule has 16 heavy (non-hydrogen) atoms. The van der Waals surface area contributed by atoms with E-state index in [0.29, 0.717) is 0 Å². The Labute approximate surface area is 94.9 Å². The summed E-state index contributed by atoms with van der Waals surface area (Å²) in [6, 6.07) is 6.96. The summed E-state index contributed by atoms with van der Waals surface area (Å²) < 4.78 is 9.73. The largest absolute Gasteiger partial charge is 0.496 e. The molecule has 0 heterocycles. The van der Waals surface area contributed by atoms with Crippen molar-refractivity contribution in [3.63, 3.8) is 0 Å². The van der Waals surface area contributed by atoms with E-state index in [1.807, 2.05) is 24.3 Å². The molecule has 1 atom stereocenters. The first-order chi connectivity index (χ1) is 7.69. The van der Waals surface area contributed by atoms with Crippen molar-refractivity contribution in [2.75, 3.05) is 14.2 Å². The van der Waals surface area contributed by atoms with Crippen LogP contribution in [0, 0.1) is 0 Å². The second-order valence-corrected chi connectivity index (χ2v) is 3.22. The van der Waals surface area contributed by atoms with Gasteiger partial charge in [0.1, 0.15) is 11.8 Å². The molecule has 86 valence electrons. The lowest BCUT2D eigenvalue weighted by Crippen LogP contribution is -2.16. The summed E-state index contributed by atoms with van der Waals surface area (Å²) in [5, 5.41) is 0. The zero-order valence-electron chi connectivity index (χ0n) is 9.64. The molecular weight excluding hydrogens is 206 g/mol. The molecule has 0 N–H and O–H groups in total. The Balaban J connectivity index is 2.79. The predicted molar refractivity (Wildman–Crippen MR) is 62.1 cm³/mol. The highest BCUT2D eigenvalue weighted by molar-refractivity contribution is 5.86. The van der Waals surface area contributed by atoms with E-state index < -0.39 is 6.04 Å². The van der Waals surface area contributed by atoms with Crippen molar-refractivity contribution in [3.8, 4) is 5.75 Å². The average molecular weight is 221 g/mol. The Morgan fingerprint density at radius 2 is 2.06 bits per heavy atom. The lowest BCUT2D eigenvalue weighted by Gasteiger charge is -2.05. The van der Waals surface area contributed by atoms with E-state index in [9.17, 15) is 4.79 Å². The van der Waals surface area contributed by atoms with Crippen LogP contribution in [0.5, 0.6) is 5.75 Å². The maximum Gasteiger partial charge on any atom is 0.330 e. The van der Waals surface area contributed by atoms with Crippen molar-refractivity contribution in [2.24, 2.45) is 4.99 Å². The van der Waals surface area contributed by atoms with E-state index in [1.54, 1.807) is 20.2 Å². The molecule has 0 aromatic heterocycles. The first-order valence-corrected chi connectivity index (χ1v) is 4.93. The normalized spacial score (nSPS) is 12.4. The molecule has 0 aliphatic carbocycles. The van der Waals surface area contributed by atoms with Crippen molar-refractivity contribution in [3.05, 3.63) is 29.8 Å². The van der Waals surface area contributed by atoms with Crippen LogP contribution in [-0.2, 0) is 9.53 Å². The highest BCUT2D eigenvalue weighted by Gasteiger charge is 2.09. The number of esters is 1. The van der Waals surface area contributed by atoms with Gasteiger partial charge >= 0.3 is 5.97 Å². The number of ether oxygens (including phenoxy) is 2. The summed E-state index contributed by atoms with van der Waals surface area (Å²) in [5.41, 5.74) is 0.834. The molecule has 1 aromatic rings. The van der Waals surface area contributed by atoms with Crippen molar-refractivity contribution in [2.45, 2.75) is 13.0 Å². The number of hydrogen-bond donors (Lipinski definition) is 0. The summed E-state index contributed by atoms with van der Waals surface area (Å²) in [6.07, 6.45) is 1.61. The van der Waals surface area contributed by atoms with E-state index in [1.165, 1.54) is 7.11 Å². The maximum atomic E-state index is 11.1. The number of carbonyl (C=O) groups excluding carboxylic acids is 1. The predicted octanol–water partition coefficient (Wildman–Crippen LogP) is 1.68. The first-order valence-electron chi connectivity index (χ1n) is 4.93. The second kappa shape index (κ2) is 5.90. The van der Waals surface area contributed by atoms with Gasteiger partial charge in [-0.15, -0.1) is 0 Å². The first kappa shape index (κ1) is 12.2. The Kier molecular flexibility index (Phi) is 4.51. The van der Waals surface area contributed by atoms with Crippen LogP contribution in [0.25, 0.3) is 0 Å². The smallest absolute Gasteiger partial charge is 0.330 e. The molecule has 0 saturated heterocycles. The lowest BCUT2D eigenvalue weighted by molar-refractivity contribution is -0.141. The van der Waals surface area contributed by atoms with Gasteiger partial charge in [-0.25, -0.2) is 4.79 Å². The molecule has 1 aromatic carbocycles. The minimum absolute atomic E-state index is 0.355. The van der Waals surface area contributed by atoms with Gasteiger partial charge in [-0.2, -0.15) is 0 Å². The van der Waals surface area contributed by atoms with Gasteiger partial charge in [-0.1, -0.05) is 12.1 Å². The van der Waals surface area contributed by atoms with Crippen LogP contribution in [-0.4, -0.2) is 32.4 Å². The number of carbonyl (C=O) groups is 1. The van der Waals surface area contributed by atoms with Gasteiger partial charge in [0.15, 0.2) is 0 Å². The third kappa shape index (κ3) is 3.08. The third-order valence-electron chi connectivity index (χ3n) is 2.12. The fourth-order valence-electron chi connectivity index (χ4n) is 1.20. The van der Waals surface area contributed by atoms with E-state index in [2.05, 4.69) is 9.73 Å². The number of rotatable bonds is 4. The molecule has 0 bridgehead atoms. The Bertz CT molecular complexity index is 388. The summed E-state index contributed by atoms with van der Waals surface area (Å²) >= 11 is 0. The SMILES string of the molecule is COC(=O)C(C)N=Cc1ccccc1OC. The van der Waals surface area contributed by atoms with Gasteiger partial charge in [-0.05, 0) is 19.1 Å². The van der Waals surface area contributed by atoms with Gasteiger partial charge < -0.3 is 9.47 Å². The van der Waals surface area contributed by atoms with Crippen molar-refractivity contribution in [1.82, 2.24) is 0 Å². The van der Waals surface area contributed by atoms with Gasteiger partial charge in [-0.3, -0.25) is 4.99 Å². The van der Waals surface area contributed by atoms with Crippen LogP contribution in [0.2, 0.25) is 0 Å². The Hall–Kier alpha value is -1.84.